The number of benzene rings is 1. The van der Waals surface area contributed by atoms with Crippen LogP contribution in [0.25, 0.3) is 0 Å². The number of amides is 1. The fourth-order valence-corrected chi connectivity index (χ4v) is 1.63. The minimum absolute atomic E-state index is 0.0876. The number of carbonyl (C=O) groups excluding carboxylic acids is 2. The Kier molecular flexibility index (Phi) is 2.99. The molecule has 1 atom stereocenters. The standard InChI is InChI=1S/C12H13NO4/c1-7-3-4-9-8(5-7)13-12(15)10(17-9)6-11(14)16-2/h3-5,10H,6H2,1-2H3,(H,13,15)/t10-/m0/s1. The molecule has 17 heavy (non-hydrogen) atoms. The number of fused-ring (bicyclic) bond motifs is 1. The maximum Gasteiger partial charge on any atom is 0.309 e. The van der Waals surface area contributed by atoms with Gasteiger partial charge in [0.25, 0.3) is 5.91 Å². The molecule has 0 aromatic heterocycles. The smallest absolute Gasteiger partial charge is 0.309 e. The minimum Gasteiger partial charge on any atom is -0.478 e. The average Bonchev–Trinajstić information content (AvgIpc) is 2.30. The summed E-state index contributed by atoms with van der Waals surface area (Å²) in [6.07, 6.45) is -0.909. The third kappa shape index (κ3) is 2.38. The molecule has 1 aliphatic heterocycles. The fourth-order valence-electron chi connectivity index (χ4n) is 1.63. The summed E-state index contributed by atoms with van der Waals surface area (Å²) in [4.78, 5) is 22.8. The number of aryl methyl sites for hydroxylation is 1. The van der Waals surface area contributed by atoms with E-state index in [1.165, 1.54) is 7.11 Å². The monoisotopic (exact) mass is 235 g/mol. The quantitative estimate of drug-likeness (QED) is 0.784. The van der Waals surface area contributed by atoms with E-state index in [9.17, 15) is 9.59 Å². The molecule has 1 N–H and O–H groups in total. The zero-order valence-corrected chi connectivity index (χ0v) is 9.65. The van der Waals surface area contributed by atoms with Gasteiger partial charge < -0.3 is 14.8 Å². The molecule has 0 spiro atoms. The van der Waals surface area contributed by atoms with E-state index in [0.717, 1.165) is 5.56 Å². The van der Waals surface area contributed by atoms with Crippen molar-refractivity contribution in [2.75, 3.05) is 12.4 Å². The lowest BCUT2D eigenvalue weighted by atomic mass is 10.1. The summed E-state index contributed by atoms with van der Waals surface area (Å²) in [6, 6.07) is 5.47. The third-order valence-corrected chi connectivity index (χ3v) is 2.53. The summed E-state index contributed by atoms with van der Waals surface area (Å²) in [6.45, 7) is 1.92. The SMILES string of the molecule is COC(=O)C[C@@H]1Oc2ccc(C)cc2NC1=O. The van der Waals surface area contributed by atoms with Crippen molar-refractivity contribution in [3.63, 3.8) is 0 Å². The van der Waals surface area contributed by atoms with E-state index < -0.39 is 12.1 Å². The number of anilines is 1. The third-order valence-electron chi connectivity index (χ3n) is 2.53. The lowest BCUT2D eigenvalue weighted by Gasteiger charge is -2.25. The highest BCUT2D eigenvalue weighted by Gasteiger charge is 2.29. The number of carbonyl (C=O) groups is 2. The summed E-state index contributed by atoms with van der Waals surface area (Å²) in [7, 11) is 1.28. The summed E-state index contributed by atoms with van der Waals surface area (Å²) in [5.74, 6) is -0.224. The van der Waals surface area contributed by atoms with Gasteiger partial charge in [0.2, 0.25) is 0 Å². The van der Waals surface area contributed by atoms with Gasteiger partial charge in [0, 0.05) is 0 Å². The van der Waals surface area contributed by atoms with Crippen molar-refractivity contribution < 1.29 is 19.1 Å². The van der Waals surface area contributed by atoms with Crippen LogP contribution in [-0.4, -0.2) is 25.1 Å². The molecule has 2 rings (SSSR count). The van der Waals surface area contributed by atoms with Crippen LogP contribution in [0.2, 0.25) is 0 Å². The number of nitrogens with one attached hydrogen (secondary N) is 1. The molecular formula is C12H13NO4. The Bertz CT molecular complexity index is 470. The highest BCUT2D eigenvalue weighted by Crippen LogP contribution is 2.30. The van der Waals surface area contributed by atoms with E-state index in [4.69, 9.17) is 4.74 Å². The fraction of sp³-hybridized carbons (Fsp3) is 0.333. The largest absolute Gasteiger partial charge is 0.478 e. The second-order valence-electron chi connectivity index (χ2n) is 3.88. The van der Waals surface area contributed by atoms with Crippen LogP contribution < -0.4 is 10.1 Å². The van der Waals surface area contributed by atoms with Gasteiger partial charge in [-0.15, -0.1) is 0 Å². The average molecular weight is 235 g/mol. The Labute approximate surface area is 98.7 Å². The van der Waals surface area contributed by atoms with Crippen LogP contribution in [-0.2, 0) is 14.3 Å². The molecular weight excluding hydrogens is 222 g/mol. The minimum atomic E-state index is -0.822. The van der Waals surface area contributed by atoms with Gasteiger partial charge in [0.15, 0.2) is 6.10 Å². The van der Waals surface area contributed by atoms with Gasteiger partial charge >= 0.3 is 5.97 Å². The van der Waals surface area contributed by atoms with Crippen LogP contribution in [0.4, 0.5) is 5.69 Å². The molecule has 90 valence electrons. The molecule has 1 aliphatic rings. The molecule has 0 unspecified atom stereocenters. The van der Waals surface area contributed by atoms with Crippen molar-refractivity contribution in [1.29, 1.82) is 0 Å². The molecule has 1 amide bonds. The van der Waals surface area contributed by atoms with Crippen molar-refractivity contribution in [1.82, 2.24) is 0 Å². The second-order valence-corrected chi connectivity index (χ2v) is 3.88. The van der Waals surface area contributed by atoms with Crippen molar-refractivity contribution in [3.8, 4) is 5.75 Å². The Morgan fingerprint density at radius 1 is 1.53 bits per heavy atom. The molecule has 0 aliphatic carbocycles. The molecule has 0 radical (unpaired) electrons. The lowest BCUT2D eigenvalue weighted by Crippen LogP contribution is -2.38. The molecule has 0 fully saturated rings. The van der Waals surface area contributed by atoms with Gasteiger partial charge in [-0.3, -0.25) is 9.59 Å². The Balaban J connectivity index is 2.18. The maximum absolute atomic E-state index is 11.7. The van der Waals surface area contributed by atoms with Gasteiger partial charge in [0.1, 0.15) is 5.75 Å². The van der Waals surface area contributed by atoms with E-state index in [1.807, 2.05) is 19.1 Å². The first-order valence-corrected chi connectivity index (χ1v) is 5.25. The molecule has 5 nitrogen and oxygen atoms in total. The van der Waals surface area contributed by atoms with Crippen molar-refractivity contribution >= 4 is 17.6 Å². The van der Waals surface area contributed by atoms with Crippen molar-refractivity contribution in [2.45, 2.75) is 19.4 Å². The Hall–Kier alpha value is -2.04. The summed E-state index contributed by atoms with van der Waals surface area (Å²) < 4.78 is 9.97. The Morgan fingerprint density at radius 2 is 2.29 bits per heavy atom. The topological polar surface area (TPSA) is 64.6 Å². The van der Waals surface area contributed by atoms with Crippen LogP contribution in [0.15, 0.2) is 18.2 Å². The molecule has 1 aromatic rings. The van der Waals surface area contributed by atoms with E-state index in [0.29, 0.717) is 11.4 Å². The van der Waals surface area contributed by atoms with Crippen LogP contribution in [0.1, 0.15) is 12.0 Å². The second kappa shape index (κ2) is 4.45. The highest BCUT2D eigenvalue weighted by molar-refractivity contribution is 5.99. The molecule has 1 heterocycles. The molecule has 1 aromatic carbocycles. The lowest BCUT2D eigenvalue weighted by molar-refractivity contribution is -0.145. The summed E-state index contributed by atoms with van der Waals surface area (Å²) in [5, 5.41) is 2.71. The highest BCUT2D eigenvalue weighted by atomic mass is 16.5. The number of hydrogen-bond donors (Lipinski definition) is 1. The summed E-state index contributed by atoms with van der Waals surface area (Å²) in [5.41, 5.74) is 1.66. The van der Waals surface area contributed by atoms with Gasteiger partial charge in [-0.25, -0.2) is 0 Å². The van der Waals surface area contributed by atoms with Crippen LogP contribution in [0, 0.1) is 6.92 Å². The van der Waals surface area contributed by atoms with E-state index in [2.05, 4.69) is 10.1 Å². The maximum atomic E-state index is 11.7. The van der Waals surface area contributed by atoms with Crippen LogP contribution in [0.5, 0.6) is 5.75 Å². The predicted octanol–water partition coefficient (Wildman–Crippen LogP) is 1.26. The van der Waals surface area contributed by atoms with E-state index >= 15 is 0 Å². The first-order chi connectivity index (χ1) is 8.10. The number of methoxy groups -OCH3 is 1. The molecule has 0 bridgehead atoms. The van der Waals surface area contributed by atoms with Crippen LogP contribution >= 0.6 is 0 Å². The number of hydrogen-bond acceptors (Lipinski definition) is 4. The van der Waals surface area contributed by atoms with Crippen molar-refractivity contribution in [2.24, 2.45) is 0 Å². The molecule has 5 heteroatoms. The van der Waals surface area contributed by atoms with Gasteiger partial charge in [-0.2, -0.15) is 0 Å². The zero-order valence-electron chi connectivity index (χ0n) is 9.65. The normalized spacial score (nSPS) is 17.8. The first kappa shape index (κ1) is 11.4. The molecule has 0 saturated heterocycles. The zero-order chi connectivity index (χ0) is 12.4. The summed E-state index contributed by atoms with van der Waals surface area (Å²) >= 11 is 0. The predicted molar refractivity (Wildman–Crippen MR) is 60.9 cm³/mol. The molecule has 0 saturated carbocycles. The first-order valence-electron chi connectivity index (χ1n) is 5.25. The number of esters is 1. The Morgan fingerprint density at radius 3 is 3.00 bits per heavy atom. The number of ether oxygens (including phenoxy) is 2. The van der Waals surface area contributed by atoms with E-state index in [1.54, 1.807) is 6.07 Å². The number of rotatable bonds is 2. The van der Waals surface area contributed by atoms with Gasteiger partial charge in [-0.05, 0) is 24.6 Å². The van der Waals surface area contributed by atoms with E-state index in [-0.39, 0.29) is 12.3 Å². The van der Waals surface area contributed by atoms with Crippen molar-refractivity contribution in [3.05, 3.63) is 23.8 Å². The van der Waals surface area contributed by atoms with Gasteiger partial charge in [-0.1, -0.05) is 6.07 Å². The van der Waals surface area contributed by atoms with Gasteiger partial charge in [0.05, 0.1) is 19.2 Å². The van der Waals surface area contributed by atoms with Crippen LogP contribution in [0.3, 0.4) is 0 Å².